The van der Waals surface area contributed by atoms with E-state index in [2.05, 4.69) is 66.9 Å². The van der Waals surface area contributed by atoms with Gasteiger partial charge in [-0.1, -0.05) is 195 Å². The Morgan fingerprint density at radius 3 is 1.52 bits per heavy atom. The fraction of sp³-hybridized carbons (Fsp3) is 0.774. The van der Waals surface area contributed by atoms with Crippen LogP contribution < -0.4 is 5.32 Å². The lowest BCUT2D eigenvalue weighted by molar-refractivity contribution is -0.302. The smallest absolute Gasteiger partial charge is 0.305 e. The van der Waals surface area contributed by atoms with E-state index >= 15 is 0 Å². The van der Waals surface area contributed by atoms with Crippen LogP contribution in [0.1, 0.15) is 245 Å². The molecule has 0 spiro atoms. The maximum atomic E-state index is 13.0. The van der Waals surface area contributed by atoms with E-state index in [9.17, 15) is 35.1 Å². The molecule has 1 rings (SSSR count). The Balaban J connectivity index is 2.03. The Morgan fingerprint density at radius 2 is 0.986 bits per heavy atom. The molecule has 1 aliphatic heterocycles. The van der Waals surface area contributed by atoms with Crippen molar-refractivity contribution in [3.05, 3.63) is 72.9 Å². The molecule has 11 heteroatoms. The number of amides is 1. The molecule has 7 atom stereocenters. The number of hydrogen-bond donors (Lipinski definition) is 6. The van der Waals surface area contributed by atoms with Crippen LogP contribution in [0.3, 0.4) is 0 Å². The van der Waals surface area contributed by atoms with Gasteiger partial charge in [0.1, 0.15) is 24.4 Å². The van der Waals surface area contributed by atoms with Crippen LogP contribution in [-0.4, -0.2) is 100 Å². The molecule has 0 saturated carbocycles. The first-order valence-electron chi connectivity index (χ1n) is 29.7. The zero-order chi connectivity index (χ0) is 53.1. The average Bonchev–Trinajstić information content (AvgIpc) is 3.39. The van der Waals surface area contributed by atoms with Crippen molar-refractivity contribution in [2.75, 3.05) is 19.8 Å². The maximum Gasteiger partial charge on any atom is 0.305 e. The van der Waals surface area contributed by atoms with Gasteiger partial charge in [-0.25, -0.2) is 0 Å². The number of aliphatic hydroxyl groups is 5. The van der Waals surface area contributed by atoms with Gasteiger partial charge in [0.25, 0.3) is 0 Å². The third-order valence-electron chi connectivity index (χ3n) is 13.6. The van der Waals surface area contributed by atoms with Gasteiger partial charge in [-0.05, 0) is 110 Å². The van der Waals surface area contributed by atoms with Crippen LogP contribution in [0, 0.1) is 0 Å². The lowest BCUT2D eigenvalue weighted by Gasteiger charge is -2.40. The number of hydrogen-bond acceptors (Lipinski definition) is 10. The normalized spacial score (nSPS) is 19.5. The molecular formula is C62H109NO10. The van der Waals surface area contributed by atoms with Crippen LogP contribution in [-0.2, 0) is 23.8 Å². The Morgan fingerprint density at radius 1 is 0.534 bits per heavy atom. The molecule has 1 fully saturated rings. The molecule has 0 aromatic carbocycles. The molecule has 73 heavy (non-hydrogen) atoms. The highest BCUT2D eigenvalue weighted by atomic mass is 16.7. The van der Waals surface area contributed by atoms with Crippen molar-refractivity contribution in [2.24, 2.45) is 0 Å². The van der Waals surface area contributed by atoms with Gasteiger partial charge >= 0.3 is 5.97 Å². The highest BCUT2D eigenvalue weighted by Crippen LogP contribution is 2.23. The van der Waals surface area contributed by atoms with Crippen LogP contribution in [0.2, 0.25) is 0 Å². The van der Waals surface area contributed by atoms with Gasteiger partial charge in [-0.3, -0.25) is 9.59 Å². The quantitative estimate of drug-likeness (QED) is 0.0195. The second kappa shape index (κ2) is 51.2. The summed E-state index contributed by atoms with van der Waals surface area (Å²) in [4.78, 5) is 25.0. The number of ether oxygens (including phenoxy) is 3. The third-order valence-corrected chi connectivity index (χ3v) is 13.6. The molecule has 7 unspecified atom stereocenters. The van der Waals surface area contributed by atoms with Crippen LogP contribution in [0.5, 0.6) is 0 Å². The SMILES string of the molecule is C/C=C/CC/C=C/CC/C=C/C(O)C(COC1OC(CO)C(O)C(O)C1O)NC(=O)CCCCCCCCC/C=C\CCCCCCCCCCCOC(=O)CCCCCCC/C=C\C/C=C\CCCCCC. The number of carbonyl (C=O) groups is 2. The number of carbonyl (C=O) groups excluding carboxylic acids is 2. The highest BCUT2D eigenvalue weighted by molar-refractivity contribution is 5.76. The van der Waals surface area contributed by atoms with Crippen LogP contribution >= 0.6 is 0 Å². The van der Waals surface area contributed by atoms with E-state index < -0.39 is 49.5 Å². The summed E-state index contributed by atoms with van der Waals surface area (Å²) in [5, 5.41) is 54.1. The fourth-order valence-electron chi connectivity index (χ4n) is 8.85. The van der Waals surface area contributed by atoms with Crippen LogP contribution in [0.15, 0.2) is 72.9 Å². The second-order valence-electron chi connectivity index (χ2n) is 20.3. The standard InChI is InChI=1S/C62H109NO10/c1-3-5-7-9-11-13-14-15-16-24-27-30-34-38-42-46-50-58(67)71-51-47-43-39-35-31-28-25-22-20-18-17-19-21-23-26-29-33-37-41-45-49-57(66)63-54(55(65)48-44-40-36-32-12-10-8-6-4-2)53-72-62-61(70)60(69)59(68)56(52-64)73-62/h4,6,12-14,16-17,19,24,32,44,48,54-56,59-62,64-65,68-70H,3,5,7-11,15,18,20-23,25-31,33-43,45-47,49-53H2,1-2H3,(H,63,66)/b6-4+,14-13-,19-17-,24-16-,32-12+,48-44+. The lowest BCUT2D eigenvalue weighted by Crippen LogP contribution is -2.60. The summed E-state index contributed by atoms with van der Waals surface area (Å²) in [5.74, 6) is -0.234. The summed E-state index contributed by atoms with van der Waals surface area (Å²) in [6.45, 7) is 4.04. The average molecular weight is 1030 g/mol. The summed E-state index contributed by atoms with van der Waals surface area (Å²) in [5.41, 5.74) is 0. The summed E-state index contributed by atoms with van der Waals surface area (Å²) in [6, 6.07) is -0.841. The topological polar surface area (TPSA) is 175 Å². The summed E-state index contributed by atoms with van der Waals surface area (Å²) >= 11 is 0. The molecule has 11 nitrogen and oxygen atoms in total. The molecule has 1 aliphatic rings. The first-order valence-corrected chi connectivity index (χ1v) is 29.7. The number of allylic oxidation sites excluding steroid dienone is 11. The fourth-order valence-corrected chi connectivity index (χ4v) is 8.85. The van der Waals surface area contributed by atoms with E-state index in [0.29, 0.717) is 25.9 Å². The van der Waals surface area contributed by atoms with E-state index in [1.165, 1.54) is 122 Å². The number of rotatable bonds is 50. The van der Waals surface area contributed by atoms with Crippen molar-refractivity contribution in [3.8, 4) is 0 Å². The maximum absolute atomic E-state index is 13.0. The zero-order valence-electron chi connectivity index (χ0n) is 46.3. The number of esters is 1. The molecule has 0 aliphatic carbocycles. The Labute approximate surface area is 445 Å². The van der Waals surface area contributed by atoms with E-state index in [1.807, 2.05) is 19.1 Å². The second-order valence-corrected chi connectivity index (χ2v) is 20.3. The minimum Gasteiger partial charge on any atom is -0.466 e. The summed E-state index contributed by atoms with van der Waals surface area (Å²) in [7, 11) is 0. The van der Waals surface area contributed by atoms with E-state index in [1.54, 1.807) is 6.08 Å². The van der Waals surface area contributed by atoms with Gasteiger partial charge in [0, 0.05) is 12.8 Å². The molecule has 1 amide bonds. The van der Waals surface area contributed by atoms with Gasteiger partial charge in [-0.15, -0.1) is 0 Å². The predicted molar refractivity (Wildman–Crippen MR) is 301 cm³/mol. The molecule has 0 radical (unpaired) electrons. The van der Waals surface area contributed by atoms with Gasteiger partial charge in [0.15, 0.2) is 6.29 Å². The molecule has 0 aromatic rings. The number of aliphatic hydroxyl groups excluding tert-OH is 5. The molecular weight excluding hydrogens is 919 g/mol. The van der Waals surface area contributed by atoms with Crippen LogP contribution in [0.4, 0.5) is 0 Å². The Bertz CT molecular complexity index is 1440. The van der Waals surface area contributed by atoms with Crippen molar-refractivity contribution in [1.82, 2.24) is 5.32 Å². The molecule has 1 saturated heterocycles. The number of nitrogens with one attached hydrogen (secondary N) is 1. The monoisotopic (exact) mass is 1030 g/mol. The van der Waals surface area contributed by atoms with Crippen molar-refractivity contribution in [3.63, 3.8) is 0 Å². The number of unbranched alkanes of at least 4 members (excludes halogenated alkanes) is 27. The molecule has 1 heterocycles. The lowest BCUT2D eigenvalue weighted by atomic mass is 9.99. The van der Waals surface area contributed by atoms with E-state index in [4.69, 9.17) is 14.2 Å². The minimum atomic E-state index is -1.58. The van der Waals surface area contributed by atoms with Crippen LogP contribution in [0.25, 0.3) is 0 Å². The first-order chi connectivity index (χ1) is 35.7. The minimum absolute atomic E-state index is 0.0234. The molecule has 6 N–H and O–H groups in total. The molecule has 0 aromatic heterocycles. The Hall–Kier alpha value is -2.90. The van der Waals surface area contributed by atoms with Crippen molar-refractivity contribution >= 4 is 11.9 Å². The van der Waals surface area contributed by atoms with Crippen molar-refractivity contribution < 1.29 is 49.3 Å². The third kappa shape index (κ3) is 41.0. The van der Waals surface area contributed by atoms with Gasteiger partial charge < -0.3 is 45.1 Å². The summed E-state index contributed by atoms with van der Waals surface area (Å²) < 4.78 is 16.6. The molecule has 422 valence electrons. The summed E-state index contributed by atoms with van der Waals surface area (Å²) in [6.07, 6.45) is 57.4. The van der Waals surface area contributed by atoms with Crippen molar-refractivity contribution in [1.29, 1.82) is 0 Å². The van der Waals surface area contributed by atoms with Crippen molar-refractivity contribution in [2.45, 2.75) is 288 Å². The highest BCUT2D eigenvalue weighted by Gasteiger charge is 2.44. The zero-order valence-corrected chi connectivity index (χ0v) is 46.3. The first kappa shape index (κ1) is 68.1. The molecule has 0 bridgehead atoms. The Kier molecular flexibility index (Phi) is 47.8. The largest absolute Gasteiger partial charge is 0.466 e. The van der Waals surface area contributed by atoms with Gasteiger partial charge in [0.2, 0.25) is 5.91 Å². The predicted octanol–water partition coefficient (Wildman–Crippen LogP) is 13.6. The van der Waals surface area contributed by atoms with Gasteiger partial charge in [-0.2, -0.15) is 0 Å². The van der Waals surface area contributed by atoms with Gasteiger partial charge in [0.05, 0.1) is 32.0 Å². The van der Waals surface area contributed by atoms with E-state index in [-0.39, 0.29) is 18.5 Å². The van der Waals surface area contributed by atoms with E-state index in [0.717, 1.165) is 89.9 Å².